The number of carbonyl (C=O) groups is 2. The van der Waals surface area contributed by atoms with Crippen LogP contribution in [0.3, 0.4) is 0 Å². The molecule has 0 aliphatic carbocycles. The summed E-state index contributed by atoms with van der Waals surface area (Å²) >= 11 is 0. The van der Waals surface area contributed by atoms with Crippen LogP contribution in [0.15, 0.2) is 18.2 Å². The predicted octanol–water partition coefficient (Wildman–Crippen LogP) is 3.21. The second kappa shape index (κ2) is 5.41. The number of anilines is 1. The van der Waals surface area contributed by atoms with Crippen molar-refractivity contribution in [3.05, 3.63) is 29.3 Å². The smallest absolute Gasteiger partial charge is 0.311 e. The van der Waals surface area contributed by atoms with E-state index in [1.165, 1.54) is 0 Å². The Balaban J connectivity index is 2.42. The molecule has 0 spiro atoms. The molecule has 2 rings (SSSR count). The molecule has 0 saturated heterocycles. The average molecular weight is 303 g/mol. The number of carbonyl (C=O) groups excluding carboxylic acids is 2. The van der Waals surface area contributed by atoms with Crippen LogP contribution in [0.2, 0.25) is 0 Å². The molecule has 1 atom stereocenters. The molecular formula is C18H25NO3. The zero-order valence-corrected chi connectivity index (χ0v) is 14.3. The van der Waals surface area contributed by atoms with Gasteiger partial charge < -0.3 is 9.64 Å². The second-order valence-electron chi connectivity index (χ2n) is 7.00. The standard InChI is InChI=1S/C18H25NO3/c1-7-22-16(21)17(3,4)11-18(5)13-9-8-12(2)10-14(13)19(6)15(18)20/h8-10H,7,11H2,1-6H3. The maximum atomic E-state index is 12.8. The fourth-order valence-electron chi connectivity index (χ4n) is 3.43. The van der Waals surface area contributed by atoms with E-state index in [-0.39, 0.29) is 11.9 Å². The largest absolute Gasteiger partial charge is 0.466 e. The van der Waals surface area contributed by atoms with Gasteiger partial charge >= 0.3 is 5.97 Å². The van der Waals surface area contributed by atoms with E-state index in [2.05, 4.69) is 0 Å². The molecule has 0 N–H and O–H groups in total. The summed E-state index contributed by atoms with van der Waals surface area (Å²) in [5.41, 5.74) is 1.63. The molecule has 0 bridgehead atoms. The van der Waals surface area contributed by atoms with E-state index in [1.54, 1.807) is 18.9 Å². The summed E-state index contributed by atoms with van der Waals surface area (Å²) in [7, 11) is 1.79. The van der Waals surface area contributed by atoms with Crippen molar-refractivity contribution in [1.29, 1.82) is 0 Å². The molecule has 1 aliphatic rings. The molecule has 120 valence electrons. The third-order valence-corrected chi connectivity index (χ3v) is 4.51. The van der Waals surface area contributed by atoms with Gasteiger partial charge in [-0.1, -0.05) is 12.1 Å². The Hall–Kier alpha value is -1.84. The maximum absolute atomic E-state index is 12.8. The minimum atomic E-state index is -0.715. The van der Waals surface area contributed by atoms with Gasteiger partial charge in [0.15, 0.2) is 0 Å². The Bertz CT molecular complexity index is 621. The number of amides is 1. The van der Waals surface area contributed by atoms with Crippen molar-refractivity contribution in [2.45, 2.75) is 46.5 Å². The first-order valence-corrected chi connectivity index (χ1v) is 7.70. The van der Waals surface area contributed by atoms with Crippen LogP contribution in [0.4, 0.5) is 5.69 Å². The van der Waals surface area contributed by atoms with Crippen LogP contribution in [-0.2, 0) is 19.7 Å². The summed E-state index contributed by atoms with van der Waals surface area (Å²) in [6.07, 6.45) is 0.429. The molecule has 4 heteroatoms. The first-order valence-electron chi connectivity index (χ1n) is 7.70. The lowest BCUT2D eigenvalue weighted by Gasteiger charge is -2.32. The topological polar surface area (TPSA) is 46.6 Å². The number of fused-ring (bicyclic) bond motifs is 1. The van der Waals surface area contributed by atoms with Gasteiger partial charge in [-0.25, -0.2) is 0 Å². The van der Waals surface area contributed by atoms with Gasteiger partial charge in [0, 0.05) is 12.7 Å². The van der Waals surface area contributed by atoms with Crippen molar-refractivity contribution in [3.8, 4) is 0 Å². The van der Waals surface area contributed by atoms with Gasteiger partial charge in [0.25, 0.3) is 0 Å². The molecule has 1 aromatic rings. The van der Waals surface area contributed by atoms with E-state index >= 15 is 0 Å². The van der Waals surface area contributed by atoms with Crippen molar-refractivity contribution < 1.29 is 14.3 Å². The number of esters is 1. The van der Waals surface area contributed by atoms with Gasteiger partial charge in [-0.2, -0.15) is 0 Å². The fourth-order valence-corrected chi connectivity index (χ4v) is 3.43. The zero-order chi connectivity index (χ0) is 16.7. The highest BCUT2D eigenvalue weighted by molar-refractivity contribution is 6.07. The molecule has 4 nitrogen and oxygen atoms in total. The highest BCUT2D eigenvalue weighted by Gasteiger charge is 2.50. The van der Waals surface area contributed by atoms with Crippen LogP contribution in [0.1, 0.15) is 45.2 Å². The summed E-state index contributed by atoms with van der Waals surface area (Å²) in [6, 6.07) is 6.05. The van der Waals surface area contributed by atoms with Crippen molar-refractivity contribution >= 4 is 17.6 Å². The molecule has 1 aromatic carbocycles. The summed E-state index contributed by atoms with van der Waals surface area (Å²) in [4.78, 5) is 26.7. The Morgan fingerprint density at radius 3 is 2.59 bits per heavy atom. The van der Waals surface area contributed by atoms with Crippen molar-refractivity contribution in [2.24, 2.45) is 5.41 Å². The van der Waals surface area contributed by atoms with E-state index in [1.807, 2.05) is 45.9 Å². The Labute approximate surface area is 132 Å². The summed E-state index contributed by atoms with van der Waals surface area (Å²) < 4.78 is 5.17. The molecule has 1 aliphatic heterocycles. The molecule has 1 unspecified atom stereocenters. The van der Waals surface area contributed by atoms with E-state index in [9.17, 15) is 9.59 Å². The van der Waals surface area contributed by atoms with Gasteiger partial charge in [0.1, 0.15) is 0 Å². The van der Waals surface area contributed by atoms with Crippen molar-refractivity contribution in [3.63, 3.8) is 0 Å². The molecule has 0 fully saturated rings. The fraction of sp³-hybridized carbons (Fsp3) is 0.556. The van der Waals surface area contributed by atoms with Crippen LogP contribution >= 0.6 is 0 Å². The molecular weight excluding hydrogens is 278 g/mol. The number of ether oxygens (including phenoxy) is 1. The first kappa shape index (κ1) is 16.5. The normalized spacial score (nSPS) is 21.0. The lowest BCUT2D eigenvalue weighted by atomic mass is 9.70. The minimum Gasteiger partial charge on any atom is -0.466 e. The average Bonchev–Trinajstić information content (AvgIpc) is 2.60. The molecule has 0 radical (unpaired) electrons. The highest BCUT2D eigenvalue weighted by atomic mass is 16.5. The molecule has 0 aromatic heterocycles. The van der Waals surface area contributed by atoms with Gasteiger partial charge in [0.05, 0.1) is 17.4 Å². The molecule has 0 saturated carbocycles. The lowest BCUT2D eigenvalue weighted by molar-refractivity contribution is -0.154. The van der Waals surface area contributed by atoms with Gasteiger partial charge in [-0.05, 0) is 58.2 Å². The van der Waals surface area contributed by atoms with Crippen molar-refractivity contribution in [2.75, 3.05) is 18.6 Å². The van der Waals surface area contributed by atoms with E-state index in [4.69, 9.17) is 4.74 Å². The number of hydrogen-bond acceptors (Lipinski definition) is 3. The SMILES string of the molecule is CCOC(=O)C(C)(C)CC1(C)C(=O)N(C)c2cc(C)ccc21. The Morgan fingerprint density at radius 1 is 1.36 bits per heavy atom. The Kier molecular flexibility index (Phi) is 4.07. The second-order valence-corrected chi connectivity index (χ2v) is 7.00. The summed E-state index contributed by atoms with van der Waals surface area (Å²) in [5, 5.41) is 0. The number of benzene rings is 1. The Morgan fingerprint density at radius 2 is 2.00 bits per heavy atom. The molecule has 1 heterocycles. The van der Waals surface area contributed by atoms with E-state index in [0.717, 1.165) is 16.8 Å². The number of likely N-dealkylation sites (N-methyl/N-ethyl adjacent to an activating group) is 1. The highest BCUT2D eigenvalue weighted by Crippen LogP contribution is 2.47. The van der Waals surface area contributed by atoms with Gasteiger partial charge in [-0.15, -0.1) is 0 Å². The van der Waals surface area contributed by atoms with Crippen LogP contribution in [0.25, 0.3) is 0 Å². The number of hydrogen-bond donors (Lipinski definition) is 0. The van der Waals surface area contributed by atoms with Crippen molar-refractivity contribution in [1.82, 2.24) is 0 Å². The zero-order valence-electron chi connectivity index (χ0n) is 14.3. The van der Waals surface area contributed by atoms with Crippen LogP contribution in [-0.4, -0.2) is 25.5 Å². The number of rotatable bonds is 4. The summed E-state index contributed by atoms with van der Waals surface area (Å²) in [6.45, 7) is 9.76. The van der Waals surface area contributed by atoms with E-state index in [0.29, 0.717) is 13.0 Å². The third-order valence-electron chi connectivity index (χ3n) is 4.51. The summed E-state index contributed by atoms with van der Waals surface area (Å²) in [5.74, 6) is -0.224. The number of aryl methyl sites for hydroxylation is 1. The quantitative estimate of drug-likeness (QED) is 0.802. The van der Waals surface area contributed by atoms with Gasteiger partial charge in [0.2, 0.25) is 5.91 Å². The first-order chi connectivity index (χ1) is 10.1. The molecule has 1 amide bonds. The third kappa shape index (κ3) is 2.51. The maximum Gasteiger partial charge on any atom is 0.311 e. The van der Waals surface area contributed by atoms with E-state index < -0.39 is 10.8 Å². The van der Waals surface area contributed by atoms with Crippen LogP contribution in [0, 0.1) is 12.3 Å². The van der Waals surface area contributed by atoms with Crippen LogP contribution in [0.5, 0.6) is 0 Å². The number of nitrogens with zero attached hydrogens (tertiary/aromatic N) is 1. The van der Waals surface area contributed by atoms with Crippen LogP contribution < -0.4 is 4.90 Å². The van der Waals surface area contributed by atoms with Gasteiger partial charge in [-0.3, -0.25) is 9.59 Å². The lowest BCUT2D eigenvalue weighted by Crippen LogP contribution is -2.42. The minimum absolute atomic E-state index is 0.0328. The predicted molar refractivity (Wildman–Crippen MR) is 87.0 cm³/mol. The molecule has 22 heavy (non-hydrogen) atoms. The monoisotopic (exact) mass is 303 g/mol.